The number of hydrogen-bond acceptors (Lipinski definition) is 3. The maximum absolute atomic E-state index is 6.14. The summed E-state index contributed by atoms with van der Waals surface area (Å²) in [7, 11) is 0. The summed E-state index contributed by atoms with van der Waals surface area (Å²) in [6.07, 6.45) is 0. The second-order valence-corrected chi connectivity index (χ2v) is 5.76. The predicted octanol–water partition coefficient (Wildman–Crippen LogP) is 2.91. The number of hydrogen-bond donors (Lipinski definition) is 0. The van der Waals surface area contributed by atoms with Crippen LogP contribution in [0.2, 0.25) is 10.2 Å². The normalized spacial score (nSPS) is 18.5. The fourth-order valence-corrected chi connectivity index (χ4v) is 2.55. The van der Waals surface area contributed by atoms with Gasteiger partial charge in [0, 0.05) is 38.8 Å². The van der Waals surface area contributed by atoms with Crippen LogP contribution in [0.5, 0.6) is 0 Å². The van der Waals surface area contributed by atoms with Gasteiger partial charge in [0.1, 0.15) is 5.15 Å². The second-order valence-electron chi connectivity index (χ2n) is 4.97. The summed E-state index contributed by atoms with van der Waals surface area (Å²) in [6.45, 7) is 9.60. The second kappa shape index (κ2) is 6.20. The minimum Gasteiger partial charge on any atom is -0.298 e. The van der Waals surface area contributed by atoms with Crippen molar-refractivity contribution in [1.82, 2.24) is 14.8 Å². The lowest BCUT2D eigenvalue weighted by molar-refractivity contribution is 0.103. The van der Waals surface area contributed by atoms with Gasteiger partial charge in [0.25, 0.3) is 0 Å². The van der Waals surface area contributed by atoms with Gasteiger partial charge in [-0.15, -0.1) is 0 Å². The average molecular weight is 288 g/mol. The van der Waals surface area contributed by atoms with E-state index in [2.05, 4.69) is 28.6 Å². The van der Waals surface area contributed by atoms with Gasteiger partial charge in [-0.25, -0.2) is 4.98 Å². The Morgan fingerprint density at radius 2 is 1.83 bits per heavy atom. The van der Waals surface area contributed by atoms with E-state index in [1.807, 2.05) is 6.07 Å². The van der Waals surface area contributed by atoms with Gasteiger partial charge in [-0.1, -0.05) is 23.2 Å². The van der Waals surface area contributed by atoms with Crippen LogP contribution in [0.4, 0.5) is 0 Å². The Bertz CT molecular complexity index is 401. The van der Waals surface area contributed by atoms with Crippen LogP contribution in [0.15, 0.2) is 12.1 Å². The third kappa shape index (κ3) is 3.58. The quantitative estimate of drug-likeness (QED) is 0.797. The van der Waals surface area contributed by atoms with Crippen LogP contribution in [-0.2, 0) is 6.54 Å². The van der Waals surface area contributed by atoms with E-state index >= 15 is 0 Å². The van der Waals surface area contributed by atoms with Crippen LogP contribution in [-0.4, -0.2) is 47.0 Å². The van der Waals surface area contributed by atoms with Crippen LogP contribution in [0.1, 0.15) is 19.5 Å². The summed E-state index contributed by atoms with van der Waals surface area (Å²) in [4.78, 5) is 9.17. The molecule has 1 aliphatic rings. The molecule has 5 heteroatoms. The van der Waals surface area contributed by atoms with Gasteiger partial charge in [-0.05, 0) is 26.0 Å². The standard InChI is InChI=1S/C13H19Cl2N3/c1-10(2)18-7-5-17(6-8-18)9-12-11(14)3-4-13(15)16-12/h3-4,10H,5-9H2,1-2H3. The van der Waals surface area contributed by atoms with Crippen molar-refractivity contribution in [2.45, 2.75) is 26.4 Å². The van der Waals surface area contributed by atoms with Gasteiger partial charge in [-0.2, -0.15) is 0 Å². The van der Waals surface area contributed by atoms with E-state index in [0.717, 1.165) is 38.4 Å². The fourth-order valence-electron chi connectivity index (χ4n) is 2.22. The number of aromatic nitrogens is 1. The van der Waals surface area contributed by atoms with E-state index in [9.17, 15) is 0 Å². The average Bonchev–Trinajstić information content (AvgIpc) is 2.34. The Balaban J connectivity index is 1.93. The van der Waals surface area contributed by atoms with Crippen molar-refractivity contribution < 1.29 is 0 Å². The largest absolute Gasteiger partial charge is 0.298 e. The molecule has 1 aliphatic heterocycles. The molecule has 0 aliphatic carbocycles. The van der Waals surface area contributed by atoms with Gasteiger partial charge in [0.15, 0.2) is 0 Å². The highest BCUT2D eigenvalue weighted by Gasteiger charge is 2.19. The van der Waals surface area contributed by atoms with E-state index in [-0.39, 0.29) is 0 Å². The molecule has 0 atom stereocenters. The summed E-state index contributed by atoms with van der Waals surface area (Å²) in [5.41, 5.74) is 0.877. The van der Waals surface area contributed by atoms with E-state index in [1.54, 1.807) is 6.07 Å². The number of rotatable bonds is 3. The molecule has 0 amide bonds. The van der Waals surface area contributed by atoms with Crippen molar-refractivity contribution in [1.29, 1.82) is 0 Å². The molecule has 0 radical (unpaired) electrons. The highest BCUT2D eigenvalue weighted by molar-refractivity contribution is 6.32. The highest BCUT2D eigenvalue weighted by atomic mass is 35.5. The molecule has 0 bridgehead atoms. The van der Waals surface area contributed by atoms with Crippen molar-refractivity contribution >= 4 is 23.2 Å². The van der Waals surface area contributed by atoms with Gasteiger partial charge >= 0.3 is 0 Å². The number of pyridine rings is 1. The summed E-state index contributed by atoms with van der Waals surface area (Å²) in [6, 6.07) is 4.17. The van der Waals surface area contributed by atoms with Crippen molar-refractivity contribution in [3.63, 3.8) is 0 Å². The lowest BCUT2D eigenvalue weighted by atomic mass is 10.2. The molecule has 1 fully saturated rings. The minimum absolute atomic E-state index is 0.509. The lowest BCUT2D eigenvalue weighted by Gasteiger charge is -2.36. The van der Waals surface area contributed by atoms with Crippen LogP contribution in [0.25, 0.3) is 0 Å². The lowest BCUT2D eigenvalue weighted by Crippen LogP contribution is -2.48. The molecular weight excluding hydrogens is 269 g/mol. The summed E-state index contributed by atoms with van der Waals surface area (Å²) in [5.74, 6) is 0. The molecule has 2 heterocycles. The first-order chi connectivity index (χ1) is 8.56. The molecule has 0 unspecified atom stereocenters. The SMILES string of the molecule is CC(C)N1CCN(Cc2nc(Cl)ccc2Cl)CC1. The molecular formula is C13H19Cl2N3. The Kier molecular flexibility index (Phi) is 4.84. The highest BCUT2D eigenvalue weighted by Crippen LogP contribution is 2.19. The van der Waals surface area contributed by atoms with Crippen LogP contribution in [0, 0.1) is 0 Å². The van der Waals surface area contributed by atoms with Crippen molar-refractivity contribution in [3.8, 4) is 0 Å². The van der Waals surface area contributed by atoms with Crippen LogP contribution < -0.4 is 0 Å². The summed E-state index contributed by atoms with van der Waals surface area (Å²) < 4.78 is 0. The summed E-state index contributed by atoms with van der Waals surface area (Å²) >= 11 is 12.0. The van der Waals surface area contributed by atoms with Crippen LogP contribution >= 0.6 is 23.2 Å². The number of halogens is 2. The van der Waals surface area contributed by atoms with Gasteiger partial charge < -0.3 is 0 Å². The molecule has 1 saturated heterocycles. The van der Waals surface area contributed by atoms with Gasteiger partial charge in [0.2, 0.25) is 0 Å². The minimum atomic E-state index is 0.509. The topological polar surface area (TPSA) is 19.4 Å². The molecule has 18 heavy (non-hydrogen) atoms. The van der Waals surface area contributed by atoms with Crippen molar-refractivity contribution in [2.75, 3.05) is 26.2 Å². The molecule has 3 nitrogen and oxygen atoms in total. The summed E-state index contributed by atoms with van der Waals surface area (Å²) in [5, 5.41) is 1.21. The van der Waals surface area contributed by atoms with Crippen molar-refractivity contribution in [3.05, 3.63) is 28.0 Å². The van der Waals surface area contributed by atoms with Crippen LogP contribution in [0.3, 0.4) is 0 Å². The zero-order chi connectivity index (χ0) is 13.1. The number of nitrogens with zero attached hydrogens (tertiary/aromatic N) is 3. The zero-order valence-electron chi connectivity index (χ0n) is 10.9. The first-order valence-electron chi connectivity index (χ1n) is 6.33. The Hall–Kier alpha value is -0.350. The molecule has 2 rings (SSSR count). The monoisotopic (exact) mass is 287 g/mol. The predicted molar refractivity (Wildman–Crippen MR) is 76.2 cm³/mol. The van der Waals surface area contributed by atoms with Crippen molar-refractivity contribution in [2.24, 2.45) is 0 Å². The fraction of sp³-hybridized carbons (Fsp3) is 0.615. The van der Waals surface area contributed by atoms with Gasteiger partial charge in [-0.3, -0.25) is 9.80 Å². The van der Waals surface area contributed by atoms with E-state index < -0.39 is 0 Å². The molecule has 0 spiro atoms. The molecule has 1 aromatic heterocycles. The molecule has 1 aromatic rings. The zero-order valence-corrected chi connectivity index (χ0v) is 12.4. The van der Waals surface area contributed by atoms with E-state index in [0.29, 0.717) is 16.2 Å². The smallest absolute Gasteiger partial charge is 0.129 e. The maximum Gasteiger partial charge on any atom is 0.129 e. The van der Waals surface area contributed by atoms with Gasteiger partial charge in [0.05, 0.1) is 10.7 Å². The molecule has 0 saturated carbocycles. The van der Waals surface area contributed by atoms with E-state index in [4.69, 9.17) is 23.2 Å². The molecule has 0 N–H and O–H groups in total. The first-order valence-corrected chi connectivity index (χ1v) is 7.09. The Morgan fingerprint density at radius 3 is 2.44 bits per heavy atom. The maximum atomic E-state index is 6.14. The number of piperazine rings is 1. The molecule has 0 aromatic carbocycles. The molecule has 100 valence electrons. The Morgan fingerprint density at radius 1 is 1.17 bits per heavy atom. The van der Waals surface area contributed by atoms with E-state index in [1.165, 1.54) is 0 Å². The third-order valence-electron chi connectivity index (χ3n) is 3.40. The first kappa shape index (κ1) is 14.1. The third-order valence-corrected chi connectivity index (χ3v) is 3.95. The Labute approximate surface area is 119 Å².